The monoisotopic (exact) mass is 269 g/mol. The van der Waals surface area contributed by atoms with Crippen molar-refractivity contribution in [3.05, 3.63) is 0 Å². The summed E-state index contributed by atoms with van der Waals surface area (Å²) >= 11 is 0. The third-order valence-corrected chi connectivity index (χ3v) is 4.52. The second kappa shape index (κ2) is 7.88. The number of ether oxygens (including phenoxy) is 1. The molecular formula is C16H31NO2. The van der Waals surface area contributed by atoms with Crippen molar-refractivity contribution in [3.8, 4) is 0 Å². The molecular weight excluding hydrogens is 238 g/mol. The van der Waals surface area contributed by atoms with E-state index in [0.717, 1.165) is 38.3 Å². The minimum Gasteiger partial charge on any atom is -0.481 e. The fraction of sp³-hybridized carbons (Fsp3) is 0.938. The van der Waals surface area contributed by atoms with Crippen LogP contribution in [0, 0.1) is 23.7 Å². The Labute approximate surface area is 118 Å². The van der Waals surface area contributed by atoms with Crippen molar-refractivity contribution in [2.24, 2.45) is 28.7 Å². The van der Waals surface area contributed by atoms with Gasteiger partial charge in [-0.25, -0.2) is 0 Å². The lowest BCUT2D eigenvalue weighted by atomic mass is 9.66. The van der Waals surface area contributed by atoms with Gasteiger partial charge < -0.3 is 9.84 Å². The number of aliphatic hydroxyl groups is 1. The first-order valence-corrected chi connectivity index (χ1v) is 7.81. The molecule has 19 heavy (non-hydrogen) atoms. The maximum Gasteiger partial charge on any atom is 0.179 e. The molecule has 112 valence electrons. The number of aliphatic hydroxyl groups excluding tert-OH is 1. The van der Waals surface area contributed by atoms with E-state index in [1.165, 1.54) is 0 Å². The number of nitrogens with zero attached hydrogens (tertiary/aromatic N) is 1. The van der Waals surface area contributed by atoms with Gasteiger partial charge in [-0.15, -0.1) is 0 Å². The highest BCUT2D eigenvalue weighted by Gasteiger charge is 2.38. The zero-order valence-corrected chi connectivity index (χ0v) is 13.2. The van der Waals surface area contributed by atoms with Crippen LogP contribution in [0.15, 0.2) is 4.99 Å². The summed E-state index contributed by atoms with van der Waals surface area (Å²) in [6.07, 6.45) is 2.85. The second-order valence-electron chi connectivity index (χ2n) is 6.17. The SMILES string of the molecule is CCN=C(C)OCC1C(CC)CC(O)CC1C(C)C. The molecule has 0 aliphatic heterocycles. The van der Waals surface area contributed by atoms with Gasteiger partial charge in [-0.05, 0) is 43.4 Å². The normalized spacial score (nSPS) is 32.7. The summed E-state index contributed by atoms with van der Waals surface area (Å²) in [5, 5.41) is 10.0. The van der Waals surface area contributed by atoms with Crippen molar-refractivity contribution in [3.63, 3.8) is 0 Å². The topological polar surface area (TPSA) is 41.8 Å². The molecule has 0 saturated heterocycles. The fourth-order valence-corrected chi connectivity index (χ4v) is 3.44. The van der Waals surface area contributed by atoms with Gasteiger partial charge in [-0.2, -0.15) is 0 Å². The summed E-state index contributed by atoms with van der Waals surface area (Å²) in [5.74, 6) is 3.08. The van der Waals surface area contributed by atoms with E-state index in [9.17, 15) is 5.11 Å². The molecule has 1 N–H and O–H groups in total. The van der Waals surface area contributed by atoms with E-state index < -0.39 is 0 Å². The van der Waals surface area contributed by atoms with Gasteiger partial charge in [-0.3, -0.25) is 4.99 Å². The van der Waals surface area contributed by atoms with E-state index in [1.54, 1.807) is 0 Å². The Hall–Kier alpha value is -0.570. The molecule has 1 aliphatic rings. The molecule has 0 amide bonds. The maximum absolute atomic E-state index is 10.0. The lowest BCUT2D eigenvalue weighted by molar-refractivity contribution is -0.0132. The minimum atomic E-state index is -0.126. The Morgan fingerprint density at radius 2 is 2.00 bits per heavy atom. The predicted octanol–water partition coefficient (Wildman–Crippen LogP) is 3.51. The van der Waals surface area contributed by atoms with Crippen LogP contribution in [0.2, 0.25) is 0 Å². The lowest BCUT2D eigenvalue weighted by Crippen LogP contribution is -2.40. The molecule has 0 bridgehead atoms. The average molecular weight is 269 g/mol. The van der Waals surface area contributed by atoms with Crippen molar-refractivity contribution in [1.82, 2.24) is 0 Å². The van der Waals surface area contributed by atoms with Gasteiger partial charge in [-0.1, -0.05) is 27.2 Å². The van der Waals surface area contributed by atoms with E-state index in [1.807, 2.05) is 13.8 Å². The molecule has 0 radical (unpaired) electrons. The van der Waals surface area contributed by atoms with Gasteiger partial charge in [0.2, 0.25) is 0 Å². The lowest BCUT2D eigenvalue weighted by Gasteiger charge is -2.42. The predicted molar refractivity (Wildman–Crippen MR) is 80.4 cm³/mol. The van der Waals surface area contributed by atoms with Crippen LogP contribution in [0.3, 0.4) is 0 Å². The van der Waals surface area contributed by atoms with Crippen molar-refractivity contribution >= 4 is 5.90 Å². The average Bonchev–Trinajstić information content (AvgIpc) is 2.36. The Balaban J connectivity index is 2.69. The summed E-state index contributed by atoms with van der Waals surface area (Å²) in [6.45, 7) is 12.2. The number of aliphatic imine (C=N–C) groups is 1. The van der Waals surface area contributed by atoms with Crippen molar-refractivity contribution in [2.75, 3.05) is 13.2 Å². The summed E-state index contributed by atoms with van der Waals surface area (Å²) < 4.78 is 5.84. The summed E-state index contributed by atoms with van der Waals surface area (Å²) in [4.78, 5) is 4.29. The minimum absolute atomic E-state index is 0.126. The van der Waals surface area contributed by atoms with Gasteiger partial charge in [0.15, 0.2) is 5.90 Å². The zero-order chi connectivity index (χ0) is 14.4. The van der Waals surface area contributed by atoms with Crippen LogP contribution in [0.25, 0.3) is 0 Å². The smallest absolute Gasteiger partial charge is 0.179 e. The van der Waals surface area contributed by atoms with Crippen LogP contribution in [0.1, 0.15) is 53.9 Å². The molecule has 1 aliphatic carbocycles. The van der Waals surface area contributed by atoms with Crippen molar-refractivity contribution < 1.29 is 9.84 Å². The molecule has 4 unspecified atom stereocenters. The number of rotatable bonds is 5. The Morgan fingerprint density at radius 3 is 2.53 bits per heavy atom. The van der Waals surface area contributed by atoms with Crippen molar-refractivity contribution in [2.45, 2.75) is 60.0 Å². The third kappa shape index (κ3) is 4.79. The largest absolute Gasteiger partial charge is 0.481 e. The van der Waals surface area contributed by atoms with E-state index >= 15 is 0 Å². The van der Waals surface area contributed by atoms with Crippen LogP contribution in [-0.4, -0.2) is 30.3 Å². The molecule has 0 heterocycles. The molecule has 1 rings (SSSR count). The van der Waals surface area contributed by atoms with Crippen LogP contribution in [0.4, 0.5) is 0 Å². The highest BCUT2D eigenvalue weighted by atomic mass is 16.5. The molecule has 3 heteroatoms. The molecule has 0 aromatic carbocycles. The highest BCUT2D eigenvalue weighted by Crippen LogP contribution is 2.40. The molecule has 3 nitrogen and oxygen atoms in total. The number of hydrogen-bond acceptors (Lipinski definition) is 3. The molecule has 0 aromatic heterocycles. The Morgan fingerprint density at radius 1 is 1.32 bits per heavy atom. The van der Waals surface area contributed by atoms with E-state index in [0.29, 0.717) is 23.7 Å². The first-order chi connectivity index (χ1) is 8.99. The van der Waals surface area contributed by atoms with Crippen molar-refractivity contribution in [1.29, 1.82) is 0 Å². The van der Waals surface area contributed by atoms with Gasteiger partial charge in [0.25, 0.3) is 0 Å². The third-order valence-electron chi connectivity index (χ3n) is 4.52. The van der Waals surface area contributed by atoms with Crippen LogP contribution < -0.4 is 0 Å². The molecule has 0 spiro atoms. The summed E-state index contributed by atoms with van der Waals surface area (Å²) in [6, 6.07) is 0. The van der Waals surface area contributed by atoms with E-state index in [4.69, 9.17) is 4.74 Å². The Kier molecular flexibility index (Phi) is 6.84. The van der Waals surface area contributed by atoms with Gasteiger partial charge in [0.1, 0.15) is 0 Å². The van der Waals surface area contributed by atoms with Crippen LogP contribution >= 0.6 is 0 Å². The van der Waals surface area contributed by atoms with Crippen LogP contribution in [0.5, 0.6) is 0 Å². The maximum atomic E-state index is 10.0. The summed E-state index contributed by atoms with van der Waals surface area (Å²) in [5.41, 5.74) is 0. The zero-order valence-electron chi connectivity index (χ0n) is 13.2. The van der Waals surface area contributed by atoms with Gasteiger partial charge in [0.05, 0.1) is 12.7 Å². The van der Waals surface area contributed by atoms with E-state index in [2.05, 4.69) is 25.8 Å². The molecule has 1 saturated carbocycles. The quantitative estimate of drug-likeness (QED) is 0.613. The first-order valence-electron chi connectivity index (χ1n) is 7.81. The van der Waals surface area contributed by atoms with Gasteiger partial charge >= 0.3 is 0 Å². The molecule has 4 atom stereocenters. The standard InChI is InChI=1S/C16H31NO2/c1-6-13-8-14(18)9-15(11(3)4)16(13)10-19-12(5)17-7-2/h11,13-16,18H,6-10H2,1-5H3. The first kappa shape index (κ1) is 16.5. The van der Waals surface area contributed by atoms with E-state index in [-0.39, 0.29) is 6.10 Å². The second-order valence-corrected chi connectivity index (χ2v) is 6.17. The van der Waals surface area contributed by atoms with Crippen LogP contribution in [-0.2, 0) is 4.74 Å². The van der Waals surface area contributed by atoms with Gasteiger partial charge in [0, 0.05) is 13.5 Å². The Bertz CT molecular complexity index is 288. The fourth-order valence-electron chi connectivity index (χ4n) is 3.44. The summed E-state index contributed by atoms with van der Waals surface area (Å²) in [7, 11) is 0. The highest BCUT2D eigenvalue weighted by molar-refractivity contribution is 5.73. The molecule has 0 aromatic rings. The number of hydrogen-bond donors (Lipinski definition) is 1. The molecule has 1 fully saturated rings.